The summed E-state index contributed by atoms with van der Waals surface area (Å²) in [5.41, 5.74) is 1.22. The second-order valence-corrected chi connectivity index (χ2v) is 7.11. The lowest BCUT2D eigenvalue weighted by atomic mass is 9.93. The van der Waals surface area contributed by atoms with Crippen molar-refractivity contribution in [2.45, 2.75) is 25.3 Å². The fourth-order valence-corrected chi connectivity index (χ4v) is 3.35. The van der Waals surface area contributed by atoms with Gasteiger partial charge in [-0.05, 0) is 49.6 Å². The summed E-state index contributed by atoms with van der Waals surface area (Å²) in [7, 11) is 0. The van der Waals surface area contributed by atoms with Crippen LogP contribution in [0.4, 0.5) is 0 Å². The Kier molecular flexibility index (Phi) is 4.13. The fraction of sp³-hybridized carbons (Fsp3) is 0.211. The van der Waals surface area contributed by atoms with Gasteiger partial charge in [-0.2, -0.15) is 0 Å². The lowest BCUT2D eigenvalue weighted by molar-refractivity contribution is 0.0915. The van der Waals surface area contributed by atoms with Crippen LogP contribution in [0.2, 0.25) is 0 Å². The zero-order valence-corrected chi connectivity index (χ0v) is 15.0. The maximum atomic E-state index is 12.8. The molecule has 3 aromatic rings. The number of rotatable bonds is 3. The Morgan fingerprint density at radius 2 is 2.08 bits per heavy atom. The summed E-state index contributed by atoms with van der Waals surface area (Å²) >= 11 is 3.46. The van der Waals surface area contributed by atoms with Crippen LogP contribution in [0.15, 0.2) is 58.1 Å². The zero-order chi connectivity index (χ0) is 17.4. The zero-order valence-electron chi connectivity index (χ0n) is 13.4. The number of carbonyl (C=O) groups is 1. The molecule has 6 heteroatoms. The lowest BCUT2D eigenvalue weighted by Gasteiger charge is -2.26. The molecule has 1 aliphatic rings. The highest BCUT2D eigenvalue weighted by Crippen LogP contribution is 2.21. The van der Waals surface area contributed by atoms with Crippen molar-refractivity contribution in [2.24, 2.45) is 0 Å². The SMILES string of the molecule is O=C(NC1CCC1)c1cn(-c2cccc(Br)c2)c2ncccc2c1=O. The number of fused-ring (bicyclic) bond motifs is 1. The second kappa shape index (κ2) is 6.44. The molecule has 0 unspecified atom stereocenters. The third kappa shape index (κ3) is 2.98. The van der Waals surface area contributed by atoms with Gasteiger partial charge in [0, 0.05) is 28.6 Å². The summed E-state index contributed by atoms with van der Waals surface area (Å²) in [5.74, 6) is -0.316. The minimum atomic E-state index is -0.316. The van der Waals surface area contributed by atoms with Gasteiger partial charge in [-0.1, -0.05) is 22.0 Å². The fourth-order valence-electron chi connectivity index (χ4n) is 2.96. The van der Waals surface area contributed by atoms with E-state index in [-0.39, 0.29) is 22.9 Å². The first-order valence-electron chi connectivity index (χ1n) is 8.21. The van der Waals surface area contributed by atoms with Crippen LogP contribution in [0.5, 0.6) is 0 Å². The predicted octanol–water partition coefficient (Wildman–Crippen LogP) is 3.43. The van der Waals surface area contributed by atoms with E-state index in [0.717, 1.165) is 29.4 Å². The maximum absolute atomic E-state index is 12.8. The number of pyridine rings is 2. The molecule has 1 N–H and O–H groups in total. The van der Waals surface area contributed by atoms with Crippen molar-refractivity contribution in [1.82, 2.24) is 14.9 Å². The van der Waals surface area contributed by atoms with Crippen molar-refractivity contribution < 1.29 is 4.79 Å². The molecular formula is C19H16BrN3O2. The van der Waals surface area contributed by atoms with Crippen molar-refractivity contribution in [3.8, 4) is 5.69 Å². The molecule has 0 atom stereocenters. The summed E-state index contributed by atoms with van der Waals surface area (Å²) in [6.07, 6.45) is 6.30. The quantitative estimate of drug-likeness (QED) is 0.735. The topological polar surface area (TPSA) is 64.0 Å². The number of nitrogens with zero attached hydrogens (tertiary/aromatic N) is 2. The molecule has 0 aliphatic heterocycles. The smallest absolute Gasteiger partial charge is 0.257 e. The van der Waals surface area contributed by atoms with Crippen LogP contribution >= 0.6 is 15.9 Å². The number of benzene rings is 1. The molecule has 126 valence electrons. The standard InChI is InChI=1S/C19H16BrN3O2/c20-12-4-1-7-14(10-12)23-11-16(19(25)22-13-5-2-6-13)17(24)15-8-3-9-21-18(15)23/h1,3-4,7-11,13H,2,5-6H2,(H,22,25). The highest BCUT2D eigenvalue weighted by molar-refractivity contribution is 9.10. The Hall–Kier alpha value is -2.47. The van der Waals surface area contributed by atoms with E-state index in [1.54, 1.807) is 29.1 Å². The van der Waals surface area contributed by atoms with Crippen LogP contribution in [0.1, 0.15) is 29.6 Å². The van der Waals surface area contributed by atoms with E-state index in [9.17, 15) is 9.59 Å². The van der Waals surface area contributed by atoms with Crippen molar-refractivity contribution in [3.63, 3.8) is 0 Å². The average molecular weight is 398 g/mol. The molecule has 4 rings (SSSR count). The van der Waals surface area contributed by atoms with Gasteiger partial charge < -0.3 is 9.88 Å². The molecule has 1 aromatic carbocycles. The number of hydrogen-bond acceptors (Lipinski definition) is 3. The molecule has 0 spiro atoms. The van der Waals surface area contributed by atoms with Crippen LogP contribution in [-0.4, -0.2) is 21.5 Å². The van der Waals surface area contributed by atoms with Gasteiger partial charge in [0.15, 0.2) is 0 Å². The second-order valence-electron chi connectivity index (χ2n) is 6.20. The minimum absolute atomic E-state index is 0.146. The first-order chi connectivity index (χ1) is 12.1. The van der Waals surface area contributed by atoms with Crippen molar-refractivity contribution in [3.05, 3.63) is 69.1 Å². The number of carbonyl (C=O) groups excluding carboxylic acids is 1. The van der Waals surface area contributed by atoms with Crippen molar-refractivity contribution >= 4 is 32.9 Å². The Bertz CT molecular complexity index is 1020. The highest BCUT2D eigenvalue weighted by atomic mass is 79.9. The third-order valence-corrected chi connectivity index (χ3v) is 5.03. The third-order valence-electron chi connectivity index (χ3n) is 4.53. The molecule has 2 heterocycles. The summed E-state index contributed by atoms with van der Waals surface area (Å²) in [4.78, 5) is 29.7. The van der Waals surface area contributed by atoms with Crippen molar-refractivity contribution in [1.29, 1.82) is 0 Å². The lowest BCUT2D eigenvalue weighted by Crippen LogP contribution is -2.41. The van der Waals surface area contributed by atoms with Gasteiger partial charge in [0.05, 0.1) is 5.39 Å². The van der Waals surface area contributed by atoms with Gasteiger partial charge in [0.25, 0.3) is 5.91 Å². The van der Waals surface area contributed by atoms with Gasteiger partial charge in [0.1, 0.15) is 11.2 Å². The summed E-state index contributed by atoms with van der Waals surface area (Å²) in [5, 5.41) is 3.38. The van der Waals surface area contributed by atoms with Gasteiger partial charge in [0.2, 0.25) is 5.43 Å². The number of aromatic nitrogens is 2. The first-order valence-corrected chi connectivity index (χ1v) is 9.00. The Balaban J connectivity index is 1.90. The van der Waals surface area contributed by atoms with E-state index in [2.05, 4.69) is 26.2 Å². The Morgan fingerprint density at radius 3 is 2.80 bits per heavy atom. The number of hydrogen-bond donors (Lipinski definition) is 1. The first kappa shape index (κ1) is 16.0. The van der Waals surface area contributed by atoms with E-state index in [4.69, 9.17) is 0 Å². The minimum Gasteiger partial charge on any atom is -0.349 e. The number of amides is 1. The van der Waals surface area contributed by atoms with Crippen LogP contribution in [0.25, 0.3) is 16.7 Å². The Morgan fingerprint density at radius 1 is 1.24 bits per heavy atom. The molecule has 1 saturated carbocycles. The summed E-state index contributed by atoms with van der Waals surface area (Å²) < 4.78 is 2.70. The number of halogens is 1. The van der Waals surface area contributed by atoms with Gasteiger partial charge in [-0.15, -0.1) is 0 Å². The van der Waals surface area contributed by atoms with E-state index in [1.807, 2.05) is 24.3 Å². The highest BCUT2D eigenvalue weighted by Gasteiger charge is 2.23. The molecule has 0 saturated heterocycles. The summed E-state index contributed by atoms with van der Waals surface area (Å²) in [6, 6.07) is 11.3. The van der Waals surface area contributed by atoms with E-state index in [0.29, 0.717) is 11.0 Å². The average Bonchev–Trinajstić information content (AvgIpc) is 2.58. The molecule has 1 aliphatic carbocycles. The predicted molar refractivity (Wildman–Crippen MR) is 100 cm³/mol. The van der Waals surface area contributed by atoms with Crippen LogP contribution in [0, 0.1) is 0 Å². The molecule has 0 bridgehead atoms. The van der Waals surface area contributed by atoms with Gasteiger partial charge in [-0.25, -0.2) is 4.98 Å². The number of nitrogens with one attached hydrogen (secondary N) is 1. The molecule has 0 radical (unpaired) electrons. The normalized spacial score (nSPS) is 14.3. The van der Waals surface area contributed by atoms with Crippen molar-refractivity contribution in [2.75, 3.05) is 0 Å². The molecule has 1 amide bonds. The summed E-state index contributed by atoms with van der Waals surface area (Å²) in [6.45, 7) is 0. The molecule has 5 nitrogen and oxygen atoms in total. The van der Waals surface area contributed by atoms with Gasteiger partial charge >= 0.3 is 0 Å². The molecule has 2 aromatic heterocycles. The largest absolute Gasteiger partial charge is 0.349 e. The maximum Gasteiger partial charge on any atom is 0.257 e. The molecule has 1 fully saturated rings. The molecule has 25 heavy (non-hydrogen) atoms. The Labute approximate surface area is 152 Å². The van der Waals surface area contributed by atoms with E-state index in [1.165, 1.54) is 0 Å². The van der Waals surface area contributed by atoms with E-state index >= 15 is 0 Å². The van der Waals surface area contributed by atoms with Gasteiger partial charge in [-0.3, -0.25) is 9.59 Å². The van der Waals surface area contributed by atoms with Crippen LogP contribution in [-0.2, 0) is 0 Å². The van der Waals surface area contributed by atoms with Crippen LogP contribution < -0.4 is 10.7 Å². The van der Waals surface area contributed by atoms with Crippen LogP contribution in [0.3, 0.4) is 0 Å². The monoisotopic (exact) mass is 397 g/mol. The molecular weight excluding hydrogens is 382 g/mol. The van der Waals surface area contributed by atoms with E-state index < -0.39 is 0 Å².